The summed E-state index contributed by atoms with van der Waals surface area (Å²) in [6.45, 7) is 8.50. The molecule has 0 aromatic heterocycles. The number of amides is 2. The molecule has 34 heavy (non-hydrogen) atoms. The average molecular weight is 498 g/mol. The van der Waals surface area contributed by atoms with E-state index < -0.39 is 0 Å². The molecule has 0 spiro atoms. The van der Waals surface area contributed by atoms with Crippen molar-refractivity contribution in [3.05, 3.63) is 64.0 Å². The second-order valence-electron chi connectivity index (χ2n) is 9.43. The molecular weight excluding hydrogens is 466 g/mol. The van der Waals surface area contributed by atoms with Crippen LogP contribution in [0.5, 0.6) is 0 Å². The number of hydrogen-bond donors (Lipinski definition) is 1. The van der Waals surface area contributed by atoms with E-state index in [0.29, 0.717) is 16.5 Å². The summed E-state index contributed by atoms with van der Waals surface area (Å²) in [5.41, 5.74) is 1.63. The lowest BCUT2D eigenvalue weighted by Crippen LogP contribution is -2.43. The van der Waals surface area contributed by atoms with Crippen molar-refractivity contribution in [1.29, 1.82) is 0 Å². The fourth-order valence-corrected chi connectivity index (χ4v) is 6.13. The summed E-state index contributed by atoms with van der Waals surface area (Å²) in [6.07, 6.45) is 4.04. The standard InChI is InChI=1S/C27H32ClN3O2S/c1-19-13-20(2)17-30(16-19)12-6-11-29-26(32)18-31-23-9-3-4-10-24(23)34-25(27(31)33)15-21-7-5-8-22(28)14-21/h3-5,7-10,14-15,19-20H,6,11-13,16-18H2,1-2H3,(H,29,32)/b25-15+/t19-,20-/m0/s1. The Kier molecular flexibility index (Phi) is 8.35. The number of nitrogens with zero attached hydrogens (tertiary/aromatic N) is 2. The maximum absolute atomic E-state index is 13.3. The first-order valence-electron chi connectivity index (χ1n) is 11.9. The third kappa shape index (κ3) is 6.44. The summed E-state index contributed by atoms with van der Waals surface area (Å²) >= 11 is 7.54. The molecule has 2 aliphatic rings. The van der Waals surface area contributed by atoms with Gasteiger partial charge in [-0.3, -0.25) is 14.5 Å². The monoisotopic (exact) mass is 497 g/mol. The minimum absolute atomic E-state index is 0.00107. The van der Waals surface area contributed by atoms with Gasteiger partial charge in [0.15, 0.2) is 0 Å². The van der Waals surface area contributed by atoms with E-state index in [9.17, 15) is 9.59 Å². The number of fused-ring (bicyclic) bond motifs is 1. The highest BCUT2D eigenvalue weighted by Crippen LogP contribution is 2.42. The highest BCUT2D eigenvalue weighted by Gasteiger charge is 2.30. The number of thioether (sulfide) groups is 1. The van der Waals surface area contributed by atoms with E-state index in [1.54, 1.807) is 11.0 Å². The van der Waals surface area contributed by atoms with Crippen LogP contribution in [0.2, 0.25) is 5.02 Å². The highest BCUT2D eigenvalue weighted by molar-refractivity contribution is 8.04. The molecule has 1 saturated heterocycles. The molecule has 1 N–H and O–H groups in total. The molecule has 5 nitrogen and oxygen atoms in total. The first kappa shape index (κ1) is 24.8. The molecule has 2 atom stereocenters. The highest BCUT2D eigenvalue weighted by atomic mass is 35.5. The molecule has 2 aromatic rings. The average Bonchev–Trinajstić information content (AvgIpc) is 2.79. The van der Waals surface area contributed by atoms with Crippen molar-refractivity contribution < 1.29 is 9.59 Å². The number of nitrogens with one attached hydrogen (secondary N) is 1. The van der Waals surface area contributed by atoms with Crippen LogP contribution in [0.15, 0.2) is 58.3 Å². The van der Waals surface area contributed by atoms with Gasteiger partial charge in [-0.1, -0.05) is 61.5 Å². The molecule has 2 heterocycles. The summed E-state index contributed by atoms with van der Waals surface area (Å²) in [7, 11) is 0. The SMILES string of the molecule is C[C@H]1C[C@H](C)CN(CCCNC(=O)CN2C(=O)/C(=C\c3cccc(Cl)c3)Sc3ccccc32)C1. The Bertz CT molecular complexity index is 1060. The number of anilines is 1. The van der Waals surface area contributed by atoms with Crippen LogP contribution in [0.1, 0.15) is 32.3 Å². The van der Waals surface area contributed by atoms with E-state index in [2.05, 4.69) is 24.1 Å². The Hall–Kier alpha value is -2.28. The minimum atomic E-state index is -0.171. The van der Waals surface area contributed by atoms with Crippen molar-refractivity contribution in [2.75, 3.05) is 37.6 Å². The number of benzene rings is 2. The summed E-state index contributed by atoms with van der Waals surface area (Å²) in [5, 5.41) is 3.63. The topological polar surface area (TPSA) is 52.7 Å². The first-order chi connectivity index (χ1) is 16.4. The Balaban J connectivity index is 1.38. The second kappa shape index (κ2) is 11.4. The van der Waals surface area contributed by atoms with Crippen molar-refractivity contribution in [3.8, 4) is 0 Å². The quantitative estimate of drug-likeness (QED) is 0.416. The number of rotatable bonds is 7. The van der Waals surface area contributed by atoms with E-state index in [1.807, 2.05) is 48.5 Å². The summed E-state index contributed by atoms with van der Waals surface area (Å²) in [5.74, 6) is 1.15. The number of hydrogen-bond acceptors (Lipinski definition) is 4. The molecule has 4 rings (SSSR count). The van der Waals surface area contributed by atoms with E-state index in [0.717, 1.165) is 54.0 Å². The molecular formula is C27H32ClN3O2S. The van der Waals surface area contributed by atoms with Crippen molar-refractivity contribution in [1.82, 2.24) is 10.2 Å². The number of para-hydroxylation sites is 1. The van der Waals surface area contributed by atoms with Gasteiger partial charge in [0.2, 0.25) is 5.91 Å². The summed E-state index contributed by atoms with van der Waals surface area (Å²) in [6, 6.07) is 15.1. The predicted molar refractivity (Wildman–Crippen MR) is 141 cm³/mol. The summed E-state index contributed by atoms with van der Waals surface area (Å²) in [4.78, 5) is 31.7. The van der Waals surface area contributed by atoms with Gasteiger partial charge in [-0.2, -0.15) is 0 Å². The molecule has 0 aliphatic carbocycles. The lowest BCUT2D eigenvalue weighted by atomic mass is 9.92. The number of piperidine rings is 1. The van der Waals surface area contributed by atoms with Gasteiger partial charge in [0.25, 0.3) is 5.91 Å². The summed E-state index contributed by atoms with van der Waals surface area (Å²) < 4.78 is 0. The molecule has 0 saturated carbocycles. The zero-order chi connectivity index (χ0) is 24.1. The zero-order valence-electron chi connectivity index (χ0n) is 19.8. The number of likely N-dealkylation sites (tertiary alicyclic amines) is 1. The van der Waals surface area contributed by atoms with Crippen molar-refractivity contribution in [3.63, 3.8) is 0 Å². The van der Waals surface area contributed by atoms with Gasteiger partial charge in [-0.25, -0.2) is 0 Å². The molecule has 2 amide bonds. The van der Waals surface area contributed by atoms with E-state index in [4.69, 9.17) is 11.6 Å². The van der Waals surface area contributed by atoms with Gasteiger partial charge in [0, 0.05) is 29.6 Å². The van der Waals surface area contributed by atoms with Gasteiger partial charge >= 0.3 is 0 Å². The van der Waals surface area contributed by atoms with Crippen LogP contribution in [-0.4, -0.2) is 49.4 Å². The van der Waals surface area contributed by atoms with E-state index >= 15 is 0 Å². The molecule has 2 aliphatic heterocycles. The fourth-order valence-electron chi connectivity index (χ4n) is 4.87. The van der Waals surface area contributed by atoms with Gasteiger partial charge in [-0.05, 0) is 67.1 Å². The maximum Gasteiger partial charge on any atom is 0.265 e. The fraction of sp³-hybridized carbons (Fsp3) is 0.407. The number of carbonyl (C=O) groups excluding carboxylic acids is 2. The van der Waals surface area contributed by atoms with Crippen molar-refractivity contribution in [2.24, 2.45) is 11.8 Å². The largest absolute Gasteiger partial charge is 0.355 e. The maximum atomic E-state index is 13.3. The lowest BCUT2D eigenvalue weighted by Gasteiger charge is -2.35. The molecule has 180 valence electrons. The van der Waals surface area contributed by atoms with Crippen LogP contribution in [0.3, 0.4) is 0 Å². The Morgan fingerprint density at radius 3 is 2.68 bits per heavy atom. The van der Waals surface area contributed by atoms with E-state index in [-0.39, 0.29) is 18.4 Å². The molecule has 0 bridgehead atoms. The van der Waals surface area contributed by atoms with Crippen LogP contribution >= 0.6 is 23.4 Å². The normalized spacial score (nSPS) is 22.0. The predicted octanol–water partition coefficient (Wildman–Crippen LogP) is 5.30. The van der Waals surface area contributed by atoms with Crippen molar-refractivity contribution >= 4 is 46.9 Å². The van der Waals surface area contributed by atoms with Gasteiger partial charge in [-0.15, -0.1) is 0 Å². The Labute approximate surface area is 211 Å². The zero-order valence-corrected chi connectivity index (χ0v) is 21.4. The van der Waals surface area contributed by atoms with Gasteiger partial charge in [0.05, 0.1) is 10.6 Å². The number of halogens is 1. The number of carbonyl (C=O) groups is 2. The minimum Gasteiger partial charge on any atom is -0.355 e. The molecule has 7 heteroatoms. The van der Waals surface area contributed by atoms with Crippen LogP contribution in [0, 0.1) is 11.8 Å². The molecule has 0 radical (unpaired) electrons. The third-order valence-electron chi connectivity index (χ3n) is 6.20. The van der Waals surface area contributed by atoms with Gasteiger partial charge in [0.1, 0.15) is 6.54 Å². The lowest BCUT2D eigenvalue weighted by molar-refractivity contribution is -0.122. The van der Waals surface area contributed by atoms with Crippen LogP contribution < -0.4 is 10.2 Å². The van der Waals surface area contributed by atoms with Crippen LogP contribution in [-0.2, 0) is 9.59 Å². The molecule has 0 unspecified atom stereocenters. The third-order valence-corrected chi connectivity index (χ3v) is 7.51. The molecule has 1 fully saturated rings. The van der Waals surface area contributed by atoms with Crippen molar-refractivity contribution in [2.45, 2.75) is 31.6 Å². The smallest absolute Gasteiger partial charge is 0.265 e. The van der Waals surface area contributed by atoms with Gasteiger partial charge < -0.3 is 10.2 Å². The Morgan fingerprint density at radius 1 is 1.15 bits per heavy atom. The molecule has 2 aromatic carbocycles. The second-order valence-corrected chi connectivity index (χ2v) is 11.0. The Morgan fingerprint density at radius 2 is 1.91 bits per heavy atom. The van der Waals surface area contributed by atoms with Crippen LogP contribution in [0.25, 0.3) is 6.08 Å². The first-order valence-corrected chi connectivity index (χ1v) is 13.1. The van der Waals surface area contributed by atoms with Crippen LogP contribution in [0.4, 0.5) is 5.69 Å². The van der Waals surface area contributed by atoms with E-state index in [1.165, 1.54) is 18.2 Å².